The second-order valence-corrected chi connectivity index (χ2v) is 7.36. The molecule has 1 fully saturated rings. The van der Waals surface area contributed by atoms with Gasteiger partial charge in [0.05, 0.1) is 0 Å². The first-order valence-corrected chi connectivity index (χ1v) is 8.06. The van der Waals surface area contributed by atoms with Gasteiger partial charge in [-0.1, -0.05) is 6.07 Å². The van der Waals surface area contributed by atoms with Crippen molar-refractivity contribution in [1.29, 1.82) is 0 Å². The van der Waals surface area contributed by atoms with Gasteiger partial charge in [-0.15, -0.1) is 0 Å². The molecular weight excluding hydrogens is 367 g/mol. The smallest absolute Gasteiger partial charge is 0.228 e. The fourth-order valence-corrected chi connectivity index (χ4v) is 3.12. The molecule has 5 nitrogen and oxygen atoms in total. The van der Waals surface area contributed by atoms with Gasteiger partial charge >= 0.3 is 0 Å². The Balaban J connectivity index is 2.30. The van der Waals surface area contributed by atoms with E-state index < -0.39 is 15.3 Å². The van der Waals surface area contributed by atoms with Gasteiger partial charge in [-0.3, -0.25) is 4.79 Å². The first-order chi connectivity index (χ1) is 8.29. The Morgan fingerprint density at radius 1 is 1.44 bits per heavy atom. The van der Waals surface area contributed by atoms with Gasteiger partial charge in [0, 0.05) is 22.2 Å². The number of primary sulfonamides is 1. The van der Waals surface area contributed by atoms with Crippen LogP contribution in [0, 0.1) is 10.5 Å². The molecule has 2 rings (SSSR count). The standard InChI is InChI=1S/C11H13IN2O3S/c1-7-2-3-8(4-10(7)12)14-6-9(5-11(14)15)18(13,16)17/h2-4,9H,5-6H2,1H3,(H2,13,16,17). The van der Waals surface area contributed by atoms with E-state index in [1.54, 1.807) is 0 Å². The summed E-state index contributed by atoms with van der Waals surface area (Å²) in [6.07, 6.45) is -0.0384. The molecule has 0 aliphatic carbocycles. The first-order valence-electron chi connectivity index (χ1n) is 5.37. The van der Waals surface area contributed by atoms with E-state index in [2.05, 4.69) is 22.6 Å². The van der Waals surface area contributed by atoms with Crippen LogP contribution in [-0.4, -0.2) is 26.1 Å². The molecule has 1 amide bonds. The molecule has 1 heterocycles. The van der Waals surface area contributed by atoms with E-state index in [-0.39, 0.29) is 18.9 Å². The maximum absolute atomic E-state index is 11.8. The minimum absolute atomic E-state index is 0.0384. The van der Waals surface area contributed by atoms with Gasteiger partial charge < -0.3 is 4.90 Å². The Morgan fingerprint density at radius 2 is 2.11 bits per heavy atom. The van der Waals surface area contributed by atoms with Crippen molar-refractivity contribution in [3.63, 3.8) is 0 Å². The summed E-state index contributed by atoms with van der Waals surface area (Å²) in [6.45, 7) is 2.11. The summed E-state index contributed by atoms with van der Waals surface area (Å²) in [6, 6.07) is 5.61. The summed E-state index contributed by atoms with van der Waals surface area (Å²) in [4.78, 5) is 13.3. The number of hydrogen-bond donors (Lipinski definition) is 1. The lowest BCUT2D eigenvalue weighted by molar-refractivity contribution is -0.117. The molecule has 0 spiro atoms. The third-order valence-corrected chi connectivity index (χ3v) is 5.43. The number of nitrogens with two attached hydrogens (primary N) is 1. The molecule has 1 aliphatic heterocycles. The van der Waals surface area contributed by atoms with Crippen LogP contribution in [0.4, 0.5) is 5.69 Å². The summed E-state index contributed by atoms with van der Waals surface area (Å²) in [5, 5.41) is 4.29. The third-order valence-electron chi connectivity index (χ3n) is 3.02. The zero-order valence-corrected chi connectivity index (χ0v) is 12.7. The van der Waals surface area contributed by atoms with Gasteiger partial charge in [0.25, 0.3) is 0 Å². The number of halogens is 1. The minimum atomic E-state index is -3.66. The van der Waals surface area contributed by atoms with E-state index in [0.717, 1.165) is 14.8 Å². The predicted molar refractivity (Wildman–Crippen MR) is 77.8 cm³/mol. The quantitative estimate of drug-likeness (QED) is 0.778. The molecule has 1 aromatic rings. The number of amides is 1. The predicted octanol–water partition coefficient (Wildman–Crippen LogP) is 0.993. The zero-order chi connectivity index (χ0) is 13.5. The molecular formula is C11H13IN2O3S. The SMILES string of the molecule is Cc1ccc(N2CC(S(N)(=O)=O)CC2=O)cc1I. The number of anilines is 1. The van der Waals surface area contributed by atoms with E-state index in [9.17, 15) is 13.2 Å². The lowest BCUT2D eigenvalue weighted by Gasteiger charge is -2.17. The number of nitrogens with zero attached hydrogens (tertiary/aromatic N) is 1. The maximum atomic E-state index is 11.8. The van der Waals surface area contributed by atoms with Crippen molar-refractivity contribution in [2.24, 2.45) is 5.14 Å². The molecule has 0 bridgehead atoms. The molecule has 1 aliphatic rings. The Bertz CT molecular complexity index is 600. The van der Waals surface area contributed by atoms with Crippen molar-refractivity contribution < 1.29 is 13.2 Å². The van der Waals surface area contributed by atoms with E-state index >= 15 is 0 Å². The number of sulfonamides is 1. The Morgan fingerprint density at radius 3 is 2.61 bits per heavy atom. The fraction of sp³-hybridized carbons (Fsp3) is 0.364. The molecule has 1 atom stereocenters. The van der Waals surface area contributed by atoms with Crippen LogP contribution in [0.25, 0.3) is 0 Å². The number of carbonyl (C=O) groups excluding carboxylic acids is 1. The second-order valence-electron chi connectivity index (χ2n) is 4.35. The summed E-state index contributed by atoms with van der Waals surface area (Å²) >= 11 is 2.18. The molecule has 1 saturated heterocycles. The van der Waals surface area contributed by atoms with Crippen molar-refractivity contribution in [2.75, 3.05) is 11.4 Å². The normalized spacial score (nSPS) is 20.5. The highest BCUT2D eigenvalue weighted by molar-refractivity contribution is 14.1. The van der Waals surface area contributed by atoms with Gasteiger partial charge in [-0.2, -0.15) is 0 Å². The molecule has 0 radical (unpaired) electrons. The van der Waals surface area contributed by atoms with Crippen molar-refractivity contribution in [1.82, 2.24) is 0 Å². The van der Waals surface area contributed by atoms with Crippen molar-refractivity contribution >= 4 is 44.2 Å². The third kappa shape index (κ3) is 2.67. The number of hydrogen-bond acceptors (Lipinski definition) is 3. The van der Waals surface area contributed by atoms with Crippen LogP contribution in [0.1, 0.15) is 12.0 Å². The first kappa shape index (κ1) is 13.8. The van der Waals surface area contributed by atoms with Crippen LogP contribution in [0.15, 0.2) is 18.2 Å². The summed E-state index contributed by atoms with van der Waals surface area (Å²) < 4.78 is 23.6. The van der Waals surface area contributed by atoms with Crippen molar-refractivity contribution in [3.8, 4) is 0 Å². The molecule has 2 N–H and O–H groups in total. The average Bonchev–Trinajstić information content (AvgIpc) is 2.64. The number of aryl methyl sites for hydroxylation is 1. The van der Waals surface area contributed by atoms with E-state index in [1.165, 1.54) is 4.90 Å². The van der Waals surface area contributed by atoms with E-state index in [4.69, 9.17) is 5.14 Å². The number of benzene rings is 1. The maximum Gasteiger partial charge on any atom is 0.228 e. The van der Waals surface area contributed by atoms with Gasteiger partial charge in [-0.25, -0.2) is 13.6 Å². The number of carbonyl (C=O) groups is 1. The summed E-state index contributed by atoms with van der Waals surface area (Å²) in [5.74, 6) is -0.200. The van der Waals surface area contributed by atoms with Crippen LogP contribution in [-0.2, 0) is 14.8 Å². The van der Waals surface area contributed by atoms with Crippen LogP contribution >= 0.6 is 22.6 Å². The molecule has 7 heteroatoms. The number of rotatable bonds is 2. The highest BCUT2D eigenvalue weighted by atomic mass is 127. The molecule has 0 saturated carbocycles. The van der Waals surface area contributed by atoms with Gasteiger partial charge in [-0.05, 0) is 47.2 Å². The molecule has 1 aromatic carbocycles. The average molecular weight is 380 g/mol. The second kappa shape index (κ2) is 4.78. The summed E-state index contributed by atoms with van der Waals surface area (Å²) in [7, 11) is -3.66. The molecule has 1 unspecified atom stereocenters. The topological polar surface area (TPSA) is 80.5 Å². The lowest BCUT2D eigenvalue weighted by Crippen LogP contribution is -2.32. The van der Waals surface area contributed by atoms with E-state index in [1.807, 2.05) is 25.1 Å². The van der Waals surface area contributed by atoms with Crippen LogP contribution in [0.5, 0.6) is 0 Å². The van der Waals surface area contributed by atoms with Gasteiger partial charge in [0.15, 0.2) is 0 Å². The van der Waals surface area contributed by atoms with Gasteiger partial charge in [0.1, 0.15) is 5.25 Å². The minimum Gasteiger partial charge on any atom is -0.311 e. The molecule has 98 valence electrons. The zero-order valence-electron chi connectivity index (χ0n) is 9.76. The van der Waals surface area contributed by atoms with Crippen LogP contribution < -0.4 is 10.0 Å². The monoisotopic (exact) mass is 380 g/mol. The Labute approximate surface area is 120 Å². The van der Waals surface area contributed by atoms with Crippen LogP contribution in [0.2, 0.25) is 0 Å². The van der Waals surface area contributed by atoms with E-state index in [0.29, 0.717) is 0 Å². The molecule has 18 heavy (non-hydrogen) atoms. The van der Waals surface area contributed by atoms with Crippen molar-refractivity contribution in [3.05, 3.63) is 27.3 Å². The van der Waals surface area contributed by atoms with Crippen molar-refractivity contribution in [2.45, 2.75) is 18.6 Å². The highest BCUT2D eigenvalue weighted by Gasteiger charge is 2.37. The van der Waals surface area contributed by atoms with Crippen LogP contribution in [0.3, 0.4) is 0 Å². The Hall–Kier alpha value is -0.670. The van der Waals surface area contributed by atoms with Gasteiger partial charge in [0.2, 0.25) is 15.9 Å². The lowest BCUT2D eigenvalue weighted by atomic mass is 10.2. The summed E-state index contributed by atoms with van der Waals surface area (Å²) in [5.41, 5.74) is 1.84. The largest absolute Gasteiger partial charge is 0.311 e. The fourth-order valence-electron chi connectivity index (χ4n) is 1.89. The Kier molecular flexibility index (Phi) is 3.65. The molecule has 0 aromatic heterocycles. The highest BCUT2D eigenvalue weighted by Crippen LogP contribution is 2.26.